The number of ether oxygens (including phenoxy) is 1. The summed E-state index contributed by atoms with van der Waals surface area (Å²) in [5.41, 5.74) is 4.20. The van der Waals surface area contributed by atoms with Gasteiger partial charge in [-0.25, -0.2) is 0 Å². The fourth-order valence-corrected chi connectivity index (χ4v) is 2.27. The molecular formula is C18H20N2O. The predicted octanol–water partition coefficient (Wildman–Crippen LogP) is 3.73. The van der Waals surface area contributed by atoms with E-state index >= 15 is 0 Å². The van der Waals surface area contributed by atoms with E-state index in [2.05, 4.69) is 49.5 Å². The van der Waals surface area contributed by atoms with Gasteiger partial charge in [0.25, 0.3) is 0 Å². The molecule has 0 aliphatic rings. The lowest BCUT2D eigenvalue weighted by Gasteiger charge is -2.15. The molecule has 21 heavy (non-hydrogen) atoms. The molecule has 0 bridgehead atoms. The van der Waals surface area contributed by atoms with Gasteiger partial charge in [0.1, 0.15) is 11.8 Å². The molecule has 0 aromatic heterocycles. The van der Waals surface area contributed by atoms with Crippen molar-refractivity contribution in [2.75, 3.05) is 7.11 Å². The highest BCUT2D eigenvalue weighted by atomic mass is 16.5. The Kier molecular flexibility index (Phi) is 4.97. The van der Waals surface area contributed by atoms with Crippen LogP contribution in [0.25, 0.3) is 0 Å². The van der Waals surface area contributed by atoms with Crippen LogP contribution in [0.5, 0.6) is 5.75 Å². The standard InChI is InChI=1S/C18H20N2O/c1-13-5-4-6-16(9-13)14(2)20-12-15-7-8-17(11-19)18(10-15)21-3/h4-10,14,20H,12H2,1-3H3/t14-/m0/s1. The Bertz CT molecular complexity index is 659. The number of nitriles is 1. The highest BCUT2D eigenvalue weighted by Gasteiger charge is 2.07. The van der Waals surface area contributed by atoms with Crippen LogP contribution < -0.4 is 10.1 Å². The van der Waals surface area contributed by atoms with Gasteiger partial charge in [-0.15, -0.1) is 0 Å². The van der Waals surface area contributed by atoms with Gasteiger partial charge in [-0.2, -0.15) is 5.26 Å². The third kappa shape index (κ3) is 3.84. The Balaban J connectivity index is 2.04. The van der Waals surface area contributed by atoms with Crippen LogP contribution in [0.3, 0.4) is 0 Å². The van der Waals surface area contributed by atoms with Gasteiger partial charge >= 0.3 is 0 Å². The molecule has 0 unspecified atom stereocenters. The Morgan fingerprint density at radius 2 is 2.05 bits per heavy atom. The molecule has 1 atom stereocenters. The minimum absolute atomic E-state index is 0.270. The topological polar surface area (TPSA) is 45.0 Å². The monoisotopic (exact) mass is 280 g/mol. The van der Waals surface area contributed by atoms with Gasteiger partial charge in [0.2, 0.25) is 0 Å². The van der Waals surface area contributed by atoms with Crippen LogP contribution in [-0.2, 0) is 6.54 Å². The third-order valence-electron chi connectivity index (χ3n) is 3.54. The average molecular weight is 280 g/mol. The van der Waals surface area contributed by atoms with Gasteiger partial charge in [-0.05, 0) is 37.1 Å². The summed E-state index contributed by atoms with van der Waals surface area (Å²) in [5, 5.41) is 12.5. The number of hydrogen-bond donors (Lipinski definition) is 1. The lowest BCUT2D eigenvalue weighted by molar-refractivity contribution is 0.412. The molecular weight excluding hydrogens is 260 g/mol. The first-order valence-corrected chi connectivity index (χ1v) is 7.01. The molecule has 2 aromatic rings. The summed E-state index contributed by atoms with van der Waals surface area (Å²) < 4.78 is 5.23. The van der Waals surface area contributed by atoms with Crippen LogP contribution in [0.4, 0.5) is 0 Å². The van der Waals surface area contributed by atoms with Crippen molar-refractivity contribution in [2.24, 2.45) is 0 Å². The third-order valence-corrected chi connectivity index (χ3v) is 3.54. The molecule has 2 aromatic carbocycles. The van der Waals surface area contributed by atoms with E-state index in [1.807, 2.05) is 12.1 Å². The van der Waals surface area contributed by atoms with E-state index in [0.29, 0.717) is 11.3 Å². The van der Waals surface area contributed by atoms with Crippen molar-refractivity contribution in [1.82, 2.24) is 5.32 Å². The summed E-state index contributed by atoms with van der Waals surface area (Å²) in [4.78, 5) is 0. The number of rotatable bonds is 5. The number of benzene rings is 2. The van der Waals surface area contributed by atoms with Crippen molar-refractivity contribution in [3.05, 3.63) is 64.7 Å². The van der Waals surface area contributed by atoms with E-state index in [1.54, 1.807) is 13.2 Å². The molecule has 108 valence electrons. The molecule has 3 nitrogen and oxygen atoms in total. The zero-order valence-electron chi connectivity index (χ0n) is 12.7. The number of aryl methyl sites for hydroxylation is 1. The summed E-state index contributed by atoms with van der Waals surface area (Å²) in [7, 11) is 1.59. The van der Waals surface area contributed by atoms with Gasteiger partial charge in [-0.1, -0.05) is 35.9 Å². The van der Waals surface area contributed by atoms with Crippen LogP contribution in [0.2, 0.25) is 0 Å². The molecule has 0 heterocycles. The summed E-state index contributed by atoms with van der Waals surface area (Å²) in [6.07, 6.45) is 0. The lowest BCUT2D eigenvalue weighted by Crippen LogP contribution is -2.18. The van der Waals surface area contributed by atoms with Crippen LogP contribution in [-0.4, -0.2) is 7.11 Å². The fourth-order valence-electron chi connectivity index (χ4n) is 2.27. The lowest BCUT2D eigenvalue weighted by atomic mass is 10.1. The van der Waals surface area contributed by atoms with Gasteiger partial charge in [0.15, 0.2) is 0 Å². The molecule has 3 heteroatoms. The molecule has 0 saturated carbocycles. The van der Waals surface area contributed by atoms with Gasteiger partial charge < -0.3 is 10.1 Å². The van der Waals surface area contributed by atoms with Crippen molar-refractivity contribution >= 4 is 0 Å². The number of hydrogen-bond acceptors (Lipinski definition) is 3. The van der Waals surface area contributed by atoms with Crippen LogP contribution in [0.15, 0.2) is 42.5 Å². The molecule has 0 aliphatic carbocycles. The Hall–Kier alpha value is -2.31. The van der Waals surface area contributed by atoms with Crippen molar-refractivity contribution in [1.29, 1.82) is 5.26 Å². The second-order valence-electron chi connectivity index (χ2n) is 5.16. The first-order valence-electron chi connectivity index (χ1n) is 7.01. The summed E-state index contributed by atoms with van der Waals surface area (Å²) in [5.74, 6) is 0.625. The highest BCUT2D eigenvalue weighted by molar-refractivity contribution is 5.45. The number of nitrogens with one attached hydrogen (secondary N) is 1. The second-order valence-corrected chi connectivity index (χ2v) is 5.16. The van der Waals surface area contributed by atoms with E-state index in [9.17, 15) is 0 Å². The Morgan fingerprint density at radius 3 is 2.71 bits per heavy atom. The summed E-state index contributed by atoms with van der Waals surface area (Å²) >= 11 is 0. The maximum atomic E-state index is 8.99. The van der Waals surface area contributed by atoms with Crippen molar-refractivity contribution in [3.8, 4) is 11.8 Å². The smallest absolute Gasteiger partial charge is 0.136 e. The molecule has 0 amide bonds. The van der Waals surface area contributed by atoms with E-state index in [4.69, 9.17) is 10.00 Å². The van der Waals surface area contributed by atoms with Gasteiger partial charge in [0.05, 0.1) is 12.7 Å². The van der Waals surface area contributed by atoms with E-state index in [-0.39, 0.29) is 6.04 Å². The molecule has 0 fully saturated rings. The summed E-state index contributed by atoms with van der Waals surface area (Å²) in [6.45, 7) is 4.98. The van der Waals surface area contributed by atoms with Crippen molar-refractivity contribution < 1.29 is 4.74 Å². The maximum Gasteiger partial charge on any atom is 0.136 e. The normalized spacial score (nSPS) is 11.7. The van der Waals surface area contributed by atoms with Gasteiger partial charge in [0, 0.05) is 12.6 Å². The van der Waals surface area contributed by atoms with E-state index < -0.39 is 0 Å². The zero-order chi connectivity index (χ0) is 15.2. The SMILES string of the molecule is COc1cc(CN[C@@H](C)c2cccc(C)c2)ccc1C#N. The van der Waals surface area contributed by atoms with Crippen molar-refractivity contribution in [3.63, 3.8) is 0 Å². The molecule has 0 aliphatic heterocycles. The number of methoxy groups -OCH3 is 1. The highest BCUT2D eigenvalue weighted by Crippen LogP contribution is 2.20. The van der Waals surface area contributed by atoms with Crippen LogP contribution in [0.1, 0.15) is 35.2 Å². The minimum Gasteiger partial charge on any atom is -0.495 e. The zero-order valence-corrected chi connectivity index (χ0v) is 12.7. The summed E-state index contributed by atoms with van der Waals surface area (Å²) in [6, 6.07) is 16.6. The minimum atomic E-state index is 0.270. The predicted molar refractivity (Wildman–Crippen MR) is 84.1 cm³/mol. The van der Waals surface area contributed by atoms with Gasteiger partial charge in [-0.3, -0.25) is 0 Å². The maximum absolute atomic E-state index is 8.99. The molecule has 0 saturated heterocycles. The second kappa shape index (κ2) is 6.92. The fraction of sp³-hybridized carbons (Fsp3) is 0.278. The van der Waals surface area contributed by atoms with Crippen molar-refractivity contribution in [2.45, 2.75) is 26.4 Å². The first kappa shape index (κ1) is 15.1. The number of nitrogens with zero attached hydrogens (tertiary/aromatic N) is 1. The van der Waals surface area contributed by atoms with Crippen LogP contribution >= 0.6 is 0 Å². The quantitative estimate of drug-likeness (QED) is 0.907. The average Bonchev–Trinajstić information content (AvgIpc) is 2.52. The largest absolute Gasteiger partial charge is 0.495 e. The Labute approximate surface area is 126 Å². The molecule has 2 rings (SSSR count). The van der Waals surface area contributed by atoms with E-state index in [0.717, 1.165) is 12.1 Å². The Morgan fingerprint density at radius 1 is 1.24 bits per heavy atom. The van der Waals surface area contributed by atoms with E-state index in [1.165, 1.54) is 11.1 Å². The van der Waals surface area contributed by atoms with Crippen LogP contribution in [0, 0.1) is 18.3 Å². The molecule has 1 N–H and O–H groups in total. The molecule has 0 radical (unpaired) electrons. The molecule has 0 spiro atoms. The first-order chi connectivity index (χ1) is 10.1.